The van der Waals surface area contributed by atoms with Gasteiger partial charge in [0.05, 0.1) is 31.9 Å². The van der Waals surface area contributed by atoms with Gasteiger partial charge >= 0.3 is 0 Å². The van der Waals surface area contributed by atoms with E-state index < -0.39 is 0 Å². The summed E-state index contributed by atoms with van der Waals surface area (Å²) in [7, 11) is 3.13. The molecular formula is C30H35N3O4. The Bertz CT molecular complexity index is 1340. The van der Waals surface area contributed by atoms with E-state index in [1.54, 1.807) is 32.4 Å². The van der Waals surface area contributed by atoms with Crippen LogP contribution in [0, 0.1) is 13.8 Å². The zero-order chi connectivity index (χ0) is 26.2. The molecule has 3 aromatic carbocycles. The molecule has 0 radical (unpaired) electrons. The Morgan fingerprint density at radius 2 is 1.68 bits per heavy atom. The number of rotatable bonds is 12. The Balaban J connectivity index is 1.33. The number of carbonyl (C=O) groups excluding carboxylic acids is 1. The van der Waals surface area contributed by atoms with Gasteiger partial charge in [-0.1, -0.05) is 18.2 Å². The van der Waals surface area contributed by atoms with Gasteiger partial charge in [0, 0.05) is 25.1 Å². The fourth-order valence-electron chi connectivity index (χ4n) is 4.52. The molecule has 7 heteroatoms. The topological polar surface area (TPSA) is 74.6 Å². The molecule has 4 aromatic rings. The number of benzene rings is 3. The summed E-state index contributed by atoms with van der Waals surface area (Å²) in [5.74, 6) is 2.92. The van der Waals surface area contributed by atoms with Crippen molar-refractivity contribution in [1.82, 2.24) is 14.9 Å². The molecule has 0 fully saturated rings. The molecule has 0 bridgehead atoms. The fraction of sp³-hybridized carbons (Fsp3) is 0.333. The molecule has 0 atom stereocenters. The molecule has 0 spiro atoms. The maximum absolute atomic E-state index is 12.6. The maximum Gasteiger partial charge on any atom is 0.251 e. The van der Waals surface area contributed by atoms with E-state index in [1.807, 2.05) is 18.2 Å². The predicted octanol–water partition coefficient (Wildman–Crippen LogP) is 5.50. The van der Waals surface area contributed by atoms with E-state index in [2.05, 4.69) is 48.0 Å². The zero-order valence-corrected chi connectivity index (χ0v) is 22.0. The Hall–Kier alpha value is -4.00. The largest absolute Gasteiger partial charge is 0.494 e. The highest BCUT2D eigenvalue weighted by Gasteiger charge is 2.13. The van der Waals surface area contributed by atoms with Gasteiger partial charge < -0.3 is 24.1 Å². The van der Waals surface area contributed by atoms with Crippen LogP contribution in [0.1, 0.15) is 40.2 Å². The average Bonchev–Trinajstić information content (AvgIpc) is 3.25. The Morgan fingerprint density at radius 3 is 2.43 bits per heavy atom. The van der Waals surface area contributed by atoms with Crippen molar-refractivity contribution >= 4 is 16.9 Å². The highest BCUT2D eigenvalue weighted by molar-refractivity contribution is 5.94. The molecule has 37 heavy (non-hydrogen) atoms. The van der Waals surface area contributed by atoms with Crippen LogP contribution in [-0.2, 0) is 13.0 Å². The minimum absolute atomic E-state index is 0.141. The summed E-state index contributed by atoms with van der Waals surface area (Å²) in [5.41, 5.74) is 5.06. The number of hydrogen-bond acceptors (Lipinski definition) is 5. The van der Waals surface area contributed by atoms with Crippen LogP contribution in [0.5, 0.6) is 17.2 Å². The van der Waals surface area contributed by atoms with Crippen molar-refractivity contribution in [1.29, 1.82) is 0 Å². The molecule has 194 valence electrons. The minimum Gasteiger partial charge on any atom is -0.494 e. The quantitative estimate of drug-likeness (QED) is 0.259. The molecule has 0 unspecified atom stereocenters. The highest BCUT2D eigenvalue weighted by Crippen LogP contribution is 2.27. The van der Waals surface area contributed by atoms with Gasteiger partial charge in [-0.15, -0.1) is 0 Å². The molecule has 1 heterocycles. The van der Waals surface area contributed by atoms with E-state index in [0.717, 1.165) is 48.4 Å². The van der Waals surface area contributed by atoms with Crippen molar-refractivity contribution < 1.29 is 19.0 Å². The fourth-order valence-corrected chi connectivity index (χ4v) is 4.52. The number of aryl methyl sites for hydroxylation is 4. The average molecular weight is 502 g/mol. The number of para-hydroxylation sites is 2. The third kappa shape index (κ3) is 6.61. The number of ether oxygens (including phenoxy) is 3. The molecule has 1 amide bonds. The van der Waals surface area contributed by atoms with Crippen LogP contribution < -0.4 is 19.5 Å². The Morgan fingerprint density at radius 1 is 0.919 bits per heavy atom. The number of methoxy groups -OCH3 is 2. The van der Waals surface area contributed by atoms with E-state index in [0.29, 0.717) is 30.2 Å². The number of nitrogens with one attached hydrogen (secondary N) is 1. The van der Waals surface area contributed by atoms with Crippen molar-refractivity contribution in [3.63, 3.8) is 0 Å². The van der Waals surface area contributed by atoms with Crippen molar-refractivity contribution in [3.05, 3.63) is 83.2 Å². The summed E-state index contributed by atoms with van der Waals surface area (Å²) in [5, 5.41) is 3.00. The third-order valence-corrected chi connectivity index (χ3v) is 6.23. The van der Waals surface area contributed by atoms with Crippen LogP contribution >= 0.6 is 0 Å². The summed E-state index contributed by atoms with van der Waals surface area (Å²) in [6.07, 6.45) is 2.41. The van der Waals surface area contributed by atoms with Gasteiger partial charge in [0.15, 0.2) is 11.5 Å². The van der Waals surface area contributed by atoms with E-state index in [9.17, 15) is 4.79 Å². The van der Waals surface area contributed by atoms with Crippen molar-refractivity contribution in [2.24, 2.45) is 0 Å². The first-order valence-corrected chi connectivity index (χ1v) is 12.6. The molecular weight excluding hydrogens is 466 g/mol. The van der Waals surface area contributed by atoms with E-state index in [1.165, 1.54) is 11.1 Å². The van der Waals surface area contributed by atoms with Crippen LogP contribution in [0.3, 0.4) is 0 Å². The van der Waals surface area contributed by atoms with Gasteiger partial charge in [-0.2, -0.15) is 0 Å². The Labute approximate surface area is 218 Å². The van der Waals surface area contributed by atoms with Crippen molar-refractivity contribution in [2.75, 3.05) is 27.4 Å². The monoisotopic (exact) mass is 501 g/mol. The van der Waals surface area contributed by atoms with Gasteiger partial charge in [0.2, 0.25) is 0 Å². The summed E-state index contributed by atoms with van der Waals surface area (Å²) >= 11 is 0. The van der Waals surface area contributed by atoms with Crippen LogP contribution in [0.25, 0.3) is 11.0 Å². The van der Waals surface area contributed by atoms with Crippen molar-refractivity contribution in [3.8, 4) is 17.2 Å². The number of amides is 1. The van der Waals surface area contributed by atoms with Crippen LogP contribution in [0.4, 0.5) is 0 Å². The van der Waals surface area contributed by atoms with Crippen LogP contribution in [0.2, 0.25) is 0 Å². The van der Waals surface area contributed by atoms with Crippen molar-refractivity contribution in [2.45, 2.75) is 39.7 Å². The molecule has 0 aliphatic heterocycles. The molecule has 0 aliphatic carbocycles. The summed E-state index contributed by atoms with van der Waals surface area (Å²) < 4.78 is 18.8. The van der Waals surface area contributed by atoms with Gasteiger partial charge in [-0.05, 0) is 80.3 Å². The number of aromatic nitrogens is 2. The standard InChI is InChI=1S/C30H35N3O4/c1-21-17-22(2)19-24(18-21)37-16-8-15-33-26-10-6-5-9-25(26)32-29(33)11-7-14-31-30(34)23-12-13-27(35-3)28(20-23)36-4/h5-6,9-10,12-13,17-20H,7-8,11,14-16H2,1-4H3,(H,31,34). The van der Waals surface area contributed by atoms with E-state index >= 15 is 0 Å². The third-order valence-electron chi connectivity index (χ3n) is 6.23. The van der Waals surface area contributed by atoms with Crippen LogP contribution in [-0.4, -0.2) is 42.8 Å². The van der Waals surface area contributed by atoms with Gasteiger partial charge in [-0.3, -0.25) is 4.79 Å². The lowest BCUT2D eigenvalue weighted by atomic mass is 10.1. The van der Waals surface area contributed by atoms with Gasteiger partial charge in [0.1, 0.15) is 11.6 Å². The lowest BCUT2D eigenvalue weighted by Crippen LogP contribution is -2.25. The van der Waals surface area contributed by atoms with Gasteiger partial charge in [0.25, 0.3) is 5.91 Å². The SMILES string of the molecule is COc1ccc(C(=O)NCCCc2nc3ccccc3n2CCCOc2cc(C)cc(C)c2)cc1OC. The molecule has 0 saturated carbocycles. The smallest absolute Gasteiger partial charge is 0.251 e. The van der Waals surface area contributed by atoms with Crippen LogP contribution in [0.15, 0.2) is 60.7 Å². The normalized spacial score (nSPS) is 10.9. The molecule has 1 N–H and O–H groups in total. The number of nitrogens with zero attached hydrogens (tertiary/aromatic N) is 2. The number of fused-ring (bicyclic) bond motifs is 1. The number of hydrogen-bond donors (Lipinski definition) is 1. The second-order valence-electron chi connectivity index (χ2n) is 9.12. The molecule has 0 saturated heterocycles. The molecule has 1 aromatic heterocycles. The summed E-state index contributed by atoms with van der Waals surface area (Å²) in [6, 6.07) is 19.6. The lowest BCUT2D eigenvalue weighted by molar-refractivity contribution is 0.0952. The summed E-state index contributed by atoms with van der Waals surface area (Å²) in [4.78, 5) is 17.5. The first-order valence-electron chi connectivity index (χ1n) is 12.6. The van der Waals surface area contributed by atoms with E-state index in [-0.39, 0.29) is 5.91 Å². The number of carbonyl (C=O) groups is 1. The lowest BCUT2D eigenvalue weighted by Gasteiger charge is -2.12. The minimum atomic E-state index is -0.141. The maximum atomic E-state index is 12.6. The molecule has 7 nitrogen and oxygen atoms in total. The second kappa shape index (κ2) is 12.3. The van der Waals surface area contributed by atoms with E-state index in [4.69, 9.17) is 19.2 Å². The zero-order valence-electron chi connectivity index (χ0n) is 22.0. The van der Waals surface area contributed by atoms with Gasteiger partial charge in [-0.25, -0.2) is 4.98 Å². The molecule has 4 rings (SSSR count). The first kappa shape index (κ1) is 26.1. The predicted molar refractivity (Wildman–Crippen MR) is 146 cm³/mol. The number of imidazole rings is 1. The molecule has 0 aliphatic rings. The summed E-state index contributed by atoms with van der Waals surface area (Å²) in [6.45, 7) is 6.17. The Kier molecular flexibility index (Phi) is 8.67. The first-order chi connectivity index (χ1) is 18.0. The second-order valence-corrected chi connectivity index (χ2v) is 9.12. The highest BCUT2D eigenvalue weighted by atomic mass is 16.5.